The summed E-state index contributed by atoms with van der Waals surface area (Å²) in [6.07, 6.45) is 1.43. The molecule has 1 heterocycles. The highest BCUT2D eigenvalue weighted by Gasteiger charge is 2.24. The van der Waals surface area contributed by atoms with Crippen LogP contribution in [0.2, 0.25) is 0 Å². The van der Waals surface area contributed by atoms with Crippen molar-refractivity contribution in [2.24, 2.45) is 0 Å². The zero-order valence-corrected chi connectivity index (χ0v) is 13.7. The lowest BCUT2D eigenvalue weighted by Crippen LogP contribution is -2.39. The number of para-hydroxylation sites is 1. The lowest BCUT2D eigenvalue weighted by atomic mass is 10.2. The van der Waals surface area contributed by atoms with Gasteiger partial charge in [-0.05, 0) is 46.8 Å². The molecule has 0 spiro atoms. The fourth-order valence-corrected chi connectivity index (χ4v) is 2.59. The van der Waals surface area contributed by atoms with Gasteiger partial charge < -0.3 is 15.0 Å². The van der Waals surface area contributed by atoms with Crippen molar-refractivity contribution in [3.05, 3.63) is 51.1 Å². The van der Waals surface area contributed by atoms with E-state index in [1.165, 1.54) is 10.9 Å². The Bertz CT molecular complexity index is 685. The summed E-state index contributed by atoms with van der Waals surface area (Å²) in [4.78, 5) is 24.4. The van der Waals surface area contributed by atoms with Gasteiger partial charge in [-0.3, -0.25) is 4.79 Å². The normalized spacial score (nSPS) is 10.7. The van der Waals surface area contributed by atoms with Crippen molar-refractivity contribution in [1.82, 2.24) is 9.78 Å². The van der Waals surface area contributed by atoms with E-state index >= 15 is 0 Å². The van der Waals surface area contributed by atoms with Crippen molar-refractivity contribution in [3.8, 4) is 0 Å². The fourth-order valence-electron chi connectivity index (χ4n) is 2.13. The number of carbonyl (C=O) groups is 1. The van der Waals surface area contributed by atoms with E-state index < -0.39 is 4.92 Å². The van der Waals surface area contributed by atoms with E-state index in [-0.39, 0.29) is 28.8 Å². The molecule has 0 atom stereocenters. The van der Waals surface area contributed by atoms with Crippen LogP contribution in [0.1, 0.15) is 13.8 Å². The monoisotopic (exact) mass is 366 g/mol. The Hall–Kier alpha value is -2.22. The second-order valence-electron chi connectivity index (χ2n) is 4.95. The molecule has 1 aromatic carbocycles. The summed E-state index contributed by atoms with van der Waals surface area (Å²) >= 11 is 3.07. The number of anilines is 1. The number of hydrogen-bond donors (Lipinski definition) is 0. The first kappa shape index (κ1) is 16.2. The average Bonchev–Trinajstić information content (AvgIpc) is 2.80. The van der Waals surface area contributed by atoms with Crippen molar-refractivity contribution in [3.63, 3.8) is 0 Å². The van der Waals surface area contributed by atoms with Gasteiger partial charge in [0, 0.05) is 11.7 Å². The van der Waals surface area contributed by atoms with Gasteiger partial charge in [0.15, 0.2) is 0 Å². The molecule has 0 fully saturated rings. The highest BCUT2D eigenvalue weighted by molar-refractivity contribution is 9.10. The summed E-state index contributed by atoms with van der Waals surface area (Å²) in [5.74, 6) is -0.491. The Morgan fingerprint density at radius 3 is 2.55 bits per heavy atom. The van der Waals surface area contributed by atoms with Crippen LogP contribution >= 0.6 is 15.9 Å². The number of rotatable bonds is 5. The first-order valence-electron chi connectivity index (χ1n) is 6.64. The molecule has 0 aliphatic carbocycles. The molecular weight excluding hydrogens is 352 g/mol. The van der Waals surface area contributed by atoms with E-state index in [4.69, 9.17) is 0 Å². The number of hydrogen-bond acceptors (Lipinski definition) is 4. The second kappa shape index (κ2) is 6.69. The molecule has 0 radical (unpaired) electrons. The summed E-state index contributed by atoms with van der Waals surface area (Å²) < 4.78 is 1.52. The Labute approximate surface area is 135 Å². The molecule has 0 N–H and O–H groups in total. The van der Waals surface area contributed by atoms with Crippen LogP contribution in [0, 0.1) is 10.1 Å². The molecule has 116 valence electrons. The number of aromatic nitrogens is 2. The number of nitro groups is 1. The Kier molecular flexibility index (Phi) is 4.92. The van der Waals surface area contributed by atoms with Crippen molar-refractivity contribution < 1.29 is 9.72 Å². The van der Waals surface area contributed by atoms with Gasteiger partial charge in [-0.1, -0.05) is 18.2 Å². The van der Waals surface area contributed by atoms with Crippen LogP contribution in [0.4, 0.5) is 11.5 Å². The van der Waals surface area contributed by atoms with E-state index in [9.17, 15) is 14.9 Å². The van der Waals surface area contributed by atoms with Crippen LogP contribution in [0.5, 0.6) is 0 Å². The van der Waals surface area contributed by atoms with Gasteiger partial charge in [0.05, 0.1) is 11.3 Å². The molecule has 0 saturated heterocycles. The standard InChI is InChI=1S/C14H15BrN4O3/c1-10(2)18(11-6-4-3-5-7-11)13(20)9-17-8-12(15)14(16-17)19(21)22/h3-8,10H,9H2,1-2H3. The van der Waals surface area contributed by atoms with Crippen molar-refractivity contribution in [2.45, 2.75) is 26.4 Å². The minimum absolute atomic E-state index is 0.0381. The van der Waals surface area contributed by atoms with E-state index in [0.29, 0.717) is 0 Å². The molecule has 2 rings (SSSR count). The number of nitrogens with zero attached hydrogens (tertiary/aromatic N) is 4. The third-order valence-corrected chi connectivity index (χ3v) is 3.55. The van der Waals surface area contributed by atoms with Crippen molar-refractivity contribution in [2.75, 3.05) is 4.90 Å². The first-order chi connectivity index (χ1) is 10.4. The van der Waals surface area contributed by atoms with Gasteiger partial charge in [0.1, 0.15) is 11.0 Å². The number of amides is 1. The molecule has 1 amide bonds. The zero-order valence-electron chi connectivity index (χ0n) is 12.1. The van der Waals surface area contributed by atoms with Crippen LogP contribution in [-0.2, 0) is 11.3 Å². The summed E-state index contributed by atoms with van der Waals surface area (Å²) in [7, 11) is 0. The van der Waals surface area contributed by atoms with Gasteiger partial charge in [-0.2, -0.15) is 4.68 Å². The predicted molar refractivity (Wildman–Crippen MR) is 85.6 cm³/mol. The molecule has 7 nitrogen and oxygen atoms in total. The van der Waals surface area contributed by atoms with E-state index in [2.05, 4.69) is 21.0 Å². The van der Waals surface area contributed by atoms with Gasteiger partial charge in [-0.25, -0.2) is 0 Å². The third kappa shape index (κ3) is 3.51. The molecule has 8 heteroatoms. The van der Waals surface area contributed by atoms with Crippen LogP contribution in [0.3, 0.4) is 0 Å². The molecule has 1 aromatic heterocycles. The number of benzene rings is 1. The summed E-state index contributed by atoms with van der Waals surface area (Å²) in [6, 6.07) is 9.24. The maximum Gasteiger partial charge on any atom is 0.404 e. The topological polar surface area (TPSA) is 81.3 Å². The van der Waals surface area contributed by atoms with E-state index in [0.717, 1.165) is 5.69 Å². The highest BCUT2D eigenvalue weighted by atomic mass is 79.9. The Morgan fingerprint density at radius 2 is 2.05 bits per heavy atom. The first-order valence-corrected chi connectivity index (χ1v) is 7.44. The van der Waals surface area contributed by atoms with Crippen molar-refractivity contribution in [1.29, 1.82) is 0 Å². The van der Waals surface area contributed by atoms with E-state index in [1.54, 1.807) is 4.90 Å². The van der Waals surface area contributed by atoms with Gasteiger partial charge in [0.2, 0.25) is 0 Å². The Morgan fingerprint density at radius 1 is 1.41 bits per heavy atom. The average molecular weight is 367 g/mol. The third-order valence-electron chi connectivity index (χ3n) is 2.99. The van der Waals surface area contributed by atoms with Crippen molar-refractivity contribution >= 4 is 33.3 Å². The SMILES string of the molecule is CC(C)N(C(=O)Cn1cc(Br)c([N+](=O)[O-])n1)c1ccccc1. The van der Waals surface area contributed by atoms with Gasteiger partial charge >= 0.3 is 5.82 Å². The fraction of sp³-hybridized carbons (Fsp3) is 0.286. The molecule has 0 saturated carbocycles. The summed E-state index contributed by atoms with van der Waals surface area (Å²) in [6.45, 7) is 3.75. The summed E-state index contributed by atoms with van der Waals surface area (Å²) in [5, 5.41) is 14.6. The minimum Gasteiger partial charge on any atom is -0.358 e. The number of carbonyl (C=O) groups excluding carboxylic acids is 1. The maximum atomic E-state index is 12.5. The summed E-state index contributed by atoms with van der Waals surface area (Å²) in [5.41, 5.74) is 0.781. The maximum absolute atomic E-state index is 12.5. The lowest BCUT2D eigenvalue weighted by Gasteiger charge is -2.26. The smallest absolute Gasteiger partial charge is 0.358 e. The van der Waals surface area contributed by atoms with Crippen LogP contribution in [-0.4, -0.2) is 26.7 Å². The second-order valence-corrected chi connectivity index (χ2v) is 5.80. The minimum atomic E-state index is -0.595. The molecule has 0 aliphatic rings. The molecule has 0 aliphatic heterocycles. The molecule has 0 unspecified atom stereocenters. The zero-order chi connectivity index (χ0) is 16.3. The largest absolute Gasteiger partial charge is 0.404 e. The molecule has 0 bridgehead atoms. The van der Waals surface area contributed by atoms with Crippen LogP contribution < -0.4 is 4.90 Å². The predicted octanol–water partition coefficient (Wildman–Crippen LogP) is 3.00. The lowest BCUT2D eigenvalue weighted by molar-refractivity contribution is -0.390. The van der Waals surface area contributed by atoms with Crippen LogP contribution in [0.25, 0.3) is 0 Å². The van der Waals surface area contributed by atoms with E-state index in [1.807, 2.05) is 44.2 Å². The van der Waals surface area contributed by atoms with Gasteiger partial charge in [-0.15, -0.1) is 0 Å². The molecule has 22 heavy (non-hydrogen) atoms. The quantitative estimate of drug-likeness (QED) is 0.601. The molecule has 2 aromatic rings. The highest BCUT2D eigenvalue weighted by Crippen LogP contribution is 2.23. The van der Waals surface area contributed by atoms with Gasteiger partial charge in [0.25, 0.3) is 5.91 Å². The van der Waals surface area contributed by atoms with Crippen LogP contribution in [0.15, 0.2) is 41.0 Å². The number of halogens is 1. The Balaban J connectivity index is 2.22. The molecular formula is C14H15BrN4O3.